The van der Waals surface area contributed by atoms with E-state index >= 15 is 0 Å². The lowest BCUT2D eigenvalue weighted by molar-refractivity contribution is 0.627. The van der Waals surface area contributed by atoms with E-state index in [1.165, 1.54) is 10.8 Å². The molecule has 3 aromatic rings. The summed E-state index contributed by atoms with van der Waals surface area (Å²) in [5, 5.41) is 10.8. The average molecular weight is 253 g/mol. The predicted octanol–water partition coefficient (Wildman–Crippen LogP) is 4.14. The molecule has 0 spiro atoms. The molecule has 0 radical (unpaired) electrons. The van der Waals surface area contributed by atoms with Gasteiger partial charge in [0.25, 0.3) is 0 Å². The van der Waals surface area contributed by atoms with Crippen LogP contribution in [-0.2, 0) is 6.54 Å². The third-order valence-electron chi connectivity index (χ3n) is 2.93. The van der Waals surface area contributed by atoms with Gasteiger partial charge >= 0.3 is 0 Å². The Morgan fingerprint density at radius 1 is 1.00 bits per heavy atom. The minimum Gasteiger partial charge on any atom is -0.252 e. The maximum absolute atomic E-state index is 4.22. The van der Waals surface area contributed by atoms with Gasteiger partial charge in [-0.15, -0.1) is 5.10 Å². The summed E-state index contributed by atoms with van der Waals surface area (Å²) in [6.07, 6.45) is 1.99. The first-order valence-corrected chi connectivity index (χ1v) is 6.77. The molecule has 0 fully saturated rings. The van der Waals surface area contributed by atoms with Gasteiger partial charge in [0.2, 0.25) is 0 Å². The predicted molar refractivity (Wildman–Crippen MR) is 80.0 cm³/mol. The molecule has 2 aromatic carbocycles. The summed E-state index contributed by atoms with van der Waals surface area (Å²) in [4.78, 5) is 0. The summed E-state index contributed by atoms with van der Waals surface area (Å²) in [6.45, 7) is 6.90. The van der Waals surface area contributed by atoms with Crippen LogP contribution in [-0.4, -0.2) is 15.0 Å². The molecule has 0 amide bonds. The highest BCUT2D eigenvalue weighted by molar-refractivity contribution is 5.95. The van der Waals surface area contributed by atoms with Gasteiger partial charge in [-0.2, -0.15) is 0 Å². The van der Waals surface area contributed by atoms with Crippen molar-refractivity contribution in [3.63, 3.8) is 0 Å². The fraction of sp³-hybridized carbons (Fsp3) is 0.250. The van der Waals surface area contributed by atoms with Crippen LogP contribution in [0.2, 0.25) is 0 Å². The molecule has 0 saturated carbocycles. The number of benzene rings is 2. The van der Waals surface area contributed by atoms with Crippen molar-refractivity contribution in [2.75, 3.05) is 0 Å². The van der Waals surface area contributed by atoms with Gasteiger partial charge in [-0.05, 0) is 17.7 Å². The molecule has 3 rings (SSSR count). The molecule has 0 bridgehead atoms. The average Bonchev–Trinajstić information content (AvgIpc) is 2.97. The monoisotopic (exact) mass is 253 g/mol. The smallest absolute Gasteiger partial charge is 0.113 e. The highest BCUT2D eigenvalue weighted by Gasteiger charge is 2.06. The SMILES string of the molecule is CC.CCn1cc(-c2cccc3ccccc23)nn1. The highest BCUT2D eigenvalue weighted by atomic mass is 15.4. The van der Waals surface area contributed by atoms with Crippen molar-refractivity contribution >= 4 is 10.8 Å². The molecule has 3 heteroatoms. The number of aromatic nitrogens is 3. The zero-order valence-corrected chi connectivity index (χ0v) is 11.7. The van der Waals surface area contributed by atoms with Crippen LogP contribution in [0.4, 0.5) is 0 Å². The van der Waals surface area contributed by atoms with E-state index in [9.17, 15) is 0 Å². The molecule has 19 heavy (non-hydrogen) atoms. The third kappa shape index (κ3) is 2.65. The second-order valence-electron chi connectivity index (χ2n) is 3.99. The Morgan fingerprint density at radius 2 is 1.74 bits per heavy atom. The minimum absolute atomic E-state index is 0.845. The minimum atomic E-state index is 0.845. The molecular formula is C16H19N3. The maximum atomic E-state index is 4.22. The quantitative estimate of drug-likeness (QED) is 0.687. The summed E-state index contributed by atoms with van der Waals surface area (Å²) >= 11 is 0. The van der Waals surface area contributed by atoms with E-state index in [1.54, 1.807) is 0 Å². The van der Waals surface area contributed by atoms with E-state index in [4.69, 9.17) is 0 Å². The first-order chi connectivity index (χ1) is 9.38. The van der Waals surface area contributed by atoms with E-state index in [-0.39, 0.29) is 0 Å². The fourth-order valence-electron chi connectivity index (χ4n) is 2.03. The van der Waals surface area contributed by atoms with Crippen molar-refractivity contribution in [1.29, 1.82) is 0 Å². The normalized spacial score (nSPS) is 10.1. The van der Waals surface area contributed by atoms with E-state index in [2.05, 4.69) is 59.7 Å². The van der Waals surface area contributed by atoms with Gasteiger partial charge in [-0.3, -0.25) is 4.68 Å². The van der Waals surface area contributed by atoms with Gasteiger partial charge in [0.15, 0.2) is 0 Å². The first-order valence-electron chi connectivity index (χ1n) is 6.77. The molecular weight excluding hydrogens is 234 g/mol. The van der Waals surface area contributed by atoms with Crippen molar-refractivity contribution in [3.8, 4) is 11.3 Å². The van der Waals surface area contributed by atoms with Crippen LogP contribution in [0.25, 0.3) is 22.0 Å². The van der Waals surface area contributed by atoms with Crippen molar-refractivity contribution in [3.05, 3.63) is 48.7 Å². The molecule has 0 N–H and O–H groups in total. The van der Waals surface area contributed by atoms with Crippen molar-refractivity contribution in [1.82, 2.24) is 15.0 Å². The Balaban J connectivity index is 0.000000637. The lowest BCUT2D eigenvalue weighted by Gasteiger charge is -2.02. The molecule has 0 saturated heterocycles. The second-order valence-corrected chi connectivity index (χ2v) is 3.99. The van der Waals surface area contributed by atoms with Crippen LogP contribution in [0.15, 0.2) is 48.7 Å². The zero-order chi connectivity index (χ0) is 13.7. The van der Waals surface area contributed by atoms with Gasteiger partial charge in [-0.25, -0.2) is 0 Å². The number of rotatable bonds is 2. The lowest BCUT2D eigenvalue weighted by Crippen LogP contribution is -1.93. The number of hydrogen-bond donors (Lipinski definition) is 0. The number of nitrogens with zero attached hydrogens (tertiary/aromatic N) is 3. The third-order valence-corrected chi connectivity index (χ3v) is 2.93. The van der Waals surface area contributed by atoms with Gasteiger partial charge < -0.3 is 0 Å². The molecule has 3 nitrogen and oxygen atoms in total. The van der Waals surface area contributed by atoms with Crippen LogP contribution >= 0.6 is 0 Å². The van der Waals surface area contributed by atoms with E-state index in [0.717, 1.165) is 17.8 Å². The Labute approximate surface area is 113 Å². The Hall–Kier alpha value is -2.16. The summed E-state index contributed by atoms with van der Waals surface area (Å²) in [5.41, 5.74) is 2.08. The maximum Gasteiger partial charge on any atom is 0.113 e. The Morgan fingerprint density at radius 3 is 2.47 bits per heavy atom. The molecule has 0 aliphatic rings. The van der Waals surface area contributed by atoms with Gasteiger partial charge in [0, 0.05) is 12.1 Å². The largest absolute Gasteiger partial charge is 0.252 e. The van der Waals surface area contributed by atoms with Gasteiger partial charge in [0.1, 0.15) is 5.69 Å². The molecule has 98 valence electrons. The summed E-state index contributed by atoms with van der Waals surface area (Å²) in [6, 6.07) is 14.6. The van der Waals surface area contributed by atoms with Crippen LogP contribution < -0.4 is 0 Å². The van der Waals surface area contributed by atoms with Crippen molar-refractivity contribution in [2.45, 2.75) is 27.3 Å². The topological polar surface area (TPSA) is 30.7 Å². The lowest BCUT2D eigenvalue weighted by atomic mass is 10.0. The van der Waals surface area contributed by atoms with E-state index < -0.39 is 0 Å². The standard InChI is InChI=1S/C14H13N3.C2H6/c1-2-17-10-14(15-16-17)13-9-5-7-11-6-3-4-8-12(11)13;1-2/h3-10H,2H2,1H3;1-2H3. The Kier molecular flexibility index (Phi) is 4.29. The number of hydrogen-bond acceptors (Lipinski definition) is 2. The van der Waals surface area contributed by atoms with E-state index in [0.29, 0.717) is 0 Å². The van der Waals surface area contributed by atoms with Gasteiger partial charge in [-0.1, -0.05) is 61.5 Å². The van der Waals surface area contributed by atoms with Crippen LogP contribution in [0.3, 0.4) is 0 Å². The number of aryl methyl sites for hydroxylation is 1. The van der Waals surface area contributed by atoms with Crippen molar-refractivity contribution < 1.29 is 0 Å². The first kappa shape index (κ1) is 13.3. The van der Waals surface area contributed by atoms with Crippen LogP contribution in [0, 0.1) is 0 Å². The summed E-state index contributed by atoms with van der Waals surface area (Å²) < 4.78 is 1.84. The van der Waals surface area contributed by atoms with Gasteiger partial charge in [0.05, 0.1) is 6.20 Å². The Bertz CT molecular complexity index is 650. The summed E-state index contributed by atoms with van der Waals surface area (Å²) in [5.74, 6) is 0. The molecule has 0 aliphatic heterocycles. The number of fused-ring (bicyclic) bond motifs is 1. The second kappa shape index (κ2) is 6.14. The molecule has 0 unspecified atom stereocenters. The zero-order valence-electron chi connectivity index (χ0n) is 11.7. The summed E-state index contributed by atoms with van der Waals surface area (Å²) in [7, 11) is 0. The van der Waals surface area contributed by atoms with Crippen molar-refractivity contribution in [2.24, 2.45) is 0 Å². The molecule has 1 heterocycles. The molecule has 0 aliphatic carbocycles. The highest BCUT2D eigenvalue weighted by Crippen LogP contribution is 2.26. The van der Waals surface area contributed by atoms with Crippen LogP contribution in [0.5, 0.6) is 0 Å². The molecule has 1 aromatic heterocycles. The van der Waals surface area contributed by atoms with Crippen LogP contribution in [0.1, 0.15) is 20.8 Å². The fourth-order valence-corrected chi connectivity index (χ4v) is 2.03. The van der Waals surface area contributed by atoms with E-state index in [1.807, 2.05) is 24.7 Å². The molecule has 0 atom stereocenters.